The third-order valence-corrected chi connectivity index (χ3v) is 7.69. The van der Waals surface area contributed by atoms with Crippen molar-refractivity contribution in [3.05, 3.63) is 89.5 Å². The van der Waals surface area contributed by atoms with Gasteiger partial charge in [-0.2, -0.15) is 0 Å². The molecule has 39 heavy (non-hydrogen) atoms. The van der Waals surface area contributed by atoms with Gasteiger partial charge in [-0.15, -0.1) is 0 Å². The number of hydrogen-bond donors (Lipinski definition) is 0. The Labute approximate surface area is 236 Å². The molecule has 0 saturated carbocycles. The summed E-state index contributed by atoms with van der Waals surface area (Å²) in [5.74, 6) is 1.01. The Morgan fingerprint density at radius 2 is 1.51 bits per heavy atom. The largest absolute Gasteiger partial charge is 0.491 e. The minimum absolute atomic E-state index is 0.00583. The minimum atomic E-state index is -0.0882. The van der Waals surface area contributed by atoms with Crippen molar-refractivity contribution in [2.75, 3.05) is 13.2 Å². The third-order valence-electron chi connectivity index (χ3n) is 7.69. The highest BCUT2D eigenvalue weighted by Gasteiger charge is 2.18. The van der Waals surface area contributed by atoms with Crippen LogP contribution in [0.2, 0.25) is 0 Å². The number of benzene rings is 3. The molecule has 1 saturated heterocycles. The summed E-state index contributed by atoms with van der Waals surface area (Å²) in [4.78, 5) is 0. The molecule has 4 rings (SSSR count). The van der Waals surface area contributed by atoms with Gasteiger partial charge in [0.2, 0.25) is 0 Å². The predicted molar refractivity (Wildman–Crippen MR) is 162 cm³/mol. The summed E-state index contributed by atoms with van der Waals surface area (Å²) in [6, 6.07) is 26.4. The van der Waals surface area contributed by atoms with E-state index in [2.05, 4.69) is 86.6 Å². The van der Waals surface area contributed by atoms with E-state index in [1.165, 1.54) is 72.8 Å². The van der Waals surface area contributed by atoms with Crippen molar-refractivity contribution >= 4 is 0 Å². The number of aryl methyl sites for hydroxylation is 3. The van der Waals surface area contributed by atoms with Crippen LogP contribution in [-0.4, -0.2) is 25.6 Å². The highest BCUT2D eigenvalue weighted by atomic mass is 16.7. The molecular weight excluding hydrogens is 480 g/mol. The lowest BCUT2D eigenvalue weighted by molar-refractivity contribution is -0.189. The first kappa shape index (κ1) is 29.4. The average Bonchev–Trinajstić information content (AvgIpc) is 2.98. The van der Waals surface area contributed by atoms with E-state index >= 15 is 0 Å². The Balaban J connectivity index is 1.36. The summed E-state index contributed by atoms with van der Waals surface area (Å²) >= 11 is 0. The summed E-state index contributed by atoms with van der Waals surface area (Å²) in [7, 11) is 0. The Kier molecular flexibility index (Phi) is 12.4. The second-order valence-electron chi connectivity index (χ2n) is 11.1. The molecule has 2 atom stereocenters. The number of rotatable bonds is 16. The summed E-state index contributed by atoms with van der Waals surface area (Å²) in [6.07, 6.45) is 14.2. The molecule has 0 amide bonds. The van der Waals surface area contributed by atoms with Gasteiger partial charge in [-0.25, -0.2) is 0 Å². The molecule has 3 nitrogen and oxygen atoms in total. The number of ether oxygens (including phenoxy) is 3. The van der Waals surface area contributed by atoms with Crippen molar-refractivity contribution in [1.29, 1.82) is 0 Å². The molecule has 1 fully saturated rings. The average molecular weight is 529 g/mol. The van der Waals surface area contributed by atoms with Gasteiger partial charge in [0.25, 0.3) is 0 Å². The predicted octanol–water partition coefficient (Wildman–Crippen LogP) is 9.35. The molecule has 1 aliphatic rings. The first-order valence-corrected chi connectivity index (χ1v) is 15.4. The molecule has 1 heterocycles. The van der Waals surface area contributed by atoms with Crippen molar-refractivity contribution in [1.82, 2.24) is 0 Å². The molecule has 0 aromatic heterocycles. The molecular formula is C36H48O3. The monoisotopic (exact) mass is 528 g/mol. The highest BCUT2D eigenvalue weighted by Crippen LogP contribution is 2.26. The van der Waals surface area contributed by atoms with E-state index in [0.717, 1.165) is 44.5 Å². The fraction of sp³-hybridized carbons (Fsp3) is 0.500. The molecule has 3 aromatic rings. The second kappa shape index (κ2) is 16.5. The van der Waals surface area contributed by atoms with Gasteiger partial charge in [0, 0.05) is 6.61 Å². The molecule has 0 radical (unpaired) electrons. The Morgan fingerprint density at radius 3 is 2.28 bits per heavy atom. The standard InChI is InChI=1S/C36H48O3/c1-3-4-5-6-7-9-14-31-21-25-34(35(27-31)38-28-29(2)39-36-17-12-13-26-37-36)24-20-30-18-22-33(23-19-30)32-15-10-8-11-16-32/h8,10-11,15-16,18-19,21-23,25,27,29,36H,3-7,9,12-14,17,20,24,26,28H2,1-2H3/t29-,36-/m0/s1. The van der Waals surface area contributed by atoms with E-state index in [4.69, 9.17) is 14.2 Å². The van der Waals surface area contributed by atoms with Crippen molar-refractivity contribution in [2.45, 2.75) is 103 Å². The van der Waals surface area contributed by atoms with E-state index in [-0.39, 0.29) is 12.4 Å². The quantitative estimate of drug-likeness (QED) is 0.173. The zero-order valence-electron chi connectivity index (χ0n) is 24.2. The van der Waals surface area contributed by atoms with Crippen LogP contribution in [0.1, 0.15) is 88.3 Å². The molecule has 0 bridgehead atoms. The van der Waals surface area contributed by atoms with Gasteiger partial charge in [-0.3, -0.25) is 0 Å². The normalized spacial score (nSPS) is 16.2. The van der Waals surface area contributed by atoms with Gasteiger partial charge in [-0.05, 0) is 85.8 Å². The van der Waals surface area contributed by atoms with Gasteiger partial charge in [0.1, 0.15) is 12.4 Å². The van der Waals surface area contributed by atoms with Crippen LogP contribution in [0.3, 0.4) is 0 Å². The maximum absolute atomic E-state index is 6.43. The summed E-state index contributed by atoms with van der Waals surface area (Å²) < 4.78 is 18.3. The van der Waals surface area contributed by atoms with E-state index in [1.54, 1.807) is 0 Å². The number of unbranched alkanes of at least 4 members (excludes halogenated alkanes) is 5. The molecule has 0 unspecified atom stereocenters. The summed E-state index contributed by atoms with van der Waals surface area (Å²) in [5, 5.41) is 0. The maximum atomic E-state index is 6.43. The lowest BCUT2D eigenvalue weighted by Crippen LogP contribution is -2.29. The maximum Gasteiger partial charge on any atom is 0.158 e. The van der Waals surface area contributed by atoms with Crippen molar-refractivity contribution in [2.24, 2.45) is 0 Å². The second-order valence-corrected chi connectivity index (χ2v) is 11.1. The smallest absolute Gasteiger partial charge is 0.158 e. The van der Waals surface area contributed by atoms with Crippen LogP contribution in [0.25, 0.3) is 11.1 Å². The van der Waals surface area contributed by atoms with Crippen LogP contribution in [0.15, 0.2) is 72.8 Å². The topological polar surface area (TPSA) is 27.7 Å². The molecule has 1 aliphatic heterocycles. The lowest BCUT2D eigenvalue weighted by atomic mass is 9.98. The van der Waals surface area contributed by atoms with Crippen LogP contribution < -0.4 is 4.74 Å². The molecule has 3 heteroatoms. The SMILES string of the molecule is CCCCCCCCc1ccc(CCc2ccc(-c3ccccc3)cc2)c(OC[C@H](C)O[C@H]2CCCCO2)c1. The van der Waals surface area contributed by atoms with Crippen molar-refractivity contribution in [3.8, 4) is 16.9 Å². The van der Waals surface area contributed by atoms with Gasteiger partial charge in [0.05, 0.1) is 6.10 Å². The first-order chi connectivity index (χ1) is 19.2. The number of hydrogen-bond acceptors (Lipinski definition) is 3. The first-order valence-electron chi connectivity index (χ1n) is 15.4. The minimum Gasteiger partial charge on any atom is -0.491 e. The zero-order chi connectivity index (χ0) is 27.1. The van der Waals surface area contributed by atoms with Crippen LogP contribution >= 0.6 is 0 Å². The zero-order valence-corrected chi connectivity index (χ0v) is 24.2. The third kappa shape index (κ3) is 10.1. The van der Waals surface area contributed by atoms with Crippen molar-refractivity contribution in [3.63, 3.8) is 0 Å². The summed E-state index contributed by atoms with van der Waals surface area (Å²) in [5.41, 5.74) is 6.52. The Morgan fingerprint density at radius 1 is 0.769 bits per heavy atom. The Bertz CT molecular complexity index is 1070. The lowest BCUT2D eigenvalue weighted by Gasteiger charge is -2.26. The van der Waals surface area contributed by atoms with E-state index in [9.17, 15) is 0 Å². The summed E-state index contributed by atoms with van der Waals surface area (Å²) in [6.45, 7) is 5.71. The molecule has 3 aromatic carbocycles. The molecule has 0 N–H and O–H groups in total. The van der Waals surface area contributed by atoms with E-state index < -0.39 is 0 Å². The van der Waals surface area contributed by atoms with Gasteiger partial charge in [-0.1, -0.05) is 106 Å². The van der Waals surface area contributed by atoms with Crippen LogP contribution in [0, 0.1) is 0 Å². The molecule has 0 spiro atoms. The fourth-order valence-corrected chi connectivity index (χ4v) is 5.30. The van der Waals surface area contributed by atoms with Gasteiger partial charge >= 0.3 is 0 Å². The van der Waals surface area contributed by atoms with E-state index in [1.807, 2.05) is 0 Å². The van der Waals surface area contributed by atoms with Crippen LogP contribution in [-0.2, 0) is 28.7 Å². The molecule has 210 valence electrons. The Hall–Kier alpha value is -2.62. The van der Waals surface area contributed by atoms with Crippen molar-refractivity contribution < 1.29 is 14.2 Å². The van der Waals surface area contributed by atoms with Gasteiger partial charge < -0.3 is 14.2 Å². The van der Waals surface area contributed by atoms with Crippen LogP contribution in [0.4, 0.5) is 0 Å². The highest BCUT2D eigenvalue weighted by molar-refractivity contribution is 5.63. The van der Waals surface area contributed by atoms with Crippen LogP contribution in [0.5, 0.6) is 5.75 Å². The fourth-order valence-electron chi connectivity index (χ4n) is 5.30. The van der Waals surface area contributed by atoms with Gasteiger partial charge in [0.15, 0.2) is 6.29 Å². The molecule has 0 aliphatic carbocycles. The van der Waals surface area contributed by atoms with E-state index in [0.29, 0.717) is 6.61 Å².